The van der Waals surface area contributed by atoms with Crippen LogP contribution in [0.4, 0.5) is 0 Å². The molecule has 1 saturated heterocycles. The average Bonchev–Trinajstić information content (AvgIpc) is 3.31. The molecule has 5 heteroatoms. The fraction of sp³-hybridized carbons (Fsp3) is 0.375. The number of nitrogens with zero attached hydrogens (tertiary/aromatic N) is 4. The molecule has 2 aromatic carbocycles. The molecule has 1 aromatic heterocycles. The van der Waals surface area contributed by atoms with Crippen LogP contribution in [0.25, 0.3) is 5.69 Å². The van der Waals surface area contributed by atoms with Crippen molar-refractivity contribution in [2.75, 3.05) is 39.3 Å². The summed E-state index contributed by atoms with van der Waals surface area (Å²) >= 11 is 0. The van der Waals surface area contributed by atoms with Crippen LogP contribution < -0.4 is 5.32 Å². The summed E-state index contributed by atoms with van der Waals surface area (Å²) in [6.45, 7) is 8.96. The fourth-order valence-corrected chi connectivity index (χ4v) is 3.87. The van der Waals surface area contributed by atoms with E-state index in [-0.39, 0.29) is 0 Å². The summed E-state index contributed by atoms with van der Waals surface area (Å²) in [7, 11) is 0. The molecule has 0 aliphatic carbocycles. The van der Waals surface area contributed by atoms with Gasteiger partial charge in [-0.2, -0.15) is 0 Å². The Hall–Kier alpha value is -2.47. The Balaban J connectivity index is 1.09. The normalized spacial score (nSPS) is 15.6. The summed E-state index contributed by atoms with van der Waals surface area (Å²) in [6, 6.07) is 19.5. The molecular formula is C24H31N5. The van der Waals surface area contributed by atoms with Crippen LogP contribution in [0.2, 0.25) is 0 Å². The van der Waals surface area contributed by atoms with Crippen molar-refractivity contribution in [1.29, 1.82) is 0 Å². The third-order valence-electron chi connectivity index (χ3n) is 5.61. The Kier molecular flexibility index (Phi) is 7.08. The molecule has 5 nitrogen and oxygen atoms in total. The standard InChI is InChI=1S/C24H31N5/c1-2-5-23(6-3-1)20-28-17-15-27(16-18-28)13-4-11-25-19-22-7-9-24(10-8-22)29-14-12-26-21-29/h1-3,5-10,12,14,21,25H,4,11,13,15-20H2. The number of imidazole rings is 1. The molecule has 0 atom stereocenters. The van der Waals surface area contributed by atoms with E-state index in [1.165, 1.54) is 50.3 Å². The Labute approximate surface area is 174 Å². The van der Waals surface area contributed by atoms with Gasteiger partial charge in [0.1, 0.15) is 0 Å². The molecule has 1 aliphatic rings. The van der Waals surface area contributed by atoms with Crippen LogP contribution in [0.1, 0.15) is 17.5 Å². The highest BCUT2D eigenvalue weighted by molar-refractivity contribution is 5.34. The van der Waals surface area contributed by atoms with Gasteiger partial charge in [0.15, 0.2) is 0 Å². The van der Waals surface area contributed by atoms with E-state index in [2.05, 4.69) is 74.7 Å². The van der Waals surface area contributed by atoms with Gasteiger partial charge in [0.25, 0.3) is 0 Å². The van der Waals surface area contributed by atoms with E-state index in [1.807, 2.05) is 17.1 Å². The molecule has 4 rings (SSSR count). The Morgan fingerprint density at radius 2 is 1.59 bits per heavy atom. The van der Waals surface area contributed by atoms with E-state index in [0.29, 0.717) is 0 Å². The molecule has 0 unspecified atom stereocenters. The third-order valence-corrected chi connectivity index (χ3v) is 5.61. The van der Waals surface area contributed by atoms with Crippen LogP contribution >= 0.6 is 0 Å². The minimum atomic E-state index is 0.926. The molecule has 0 amide bonds. The van der Waals surface area contributed by atoms with Gasteiger partial charge >= 0.3 is 0 Å². The molecule has 0 bridgehead atoms. The first-order valence-corrected chi connectivity index (χ1v) is 10.6. The summed E-state index contributed by atoms with van der Waals surface area (Å²) in [5.41, 5.74) is 3.89. The monoisotopic (exact) mass is 389 g/mol. The SMILES string of the molecule is c1ccc(CN2CCN(CCCNCc3ccc(-n4ccnc4)cc3)CC2)cc1. The van der Waals surface area contributed by atoms with Crippen molar-refractivity contribution in [3.05, 3.63) is 84.4 Å². The van der Waals surface area contributed by atoms with Gasteiger partial charge in [0.05, 0.1) is 6.33 Å². The second kappa shape index (κ2) is 10.3. The Morgan fingerprint density at radius 3 is 2.31 bits per heavy atom. The highest BCUT2D eigenvalue weighted by atomic mass is 15.3. The fourth-order valence-electron chi connectivity index (χ4n) is 3.87. The van der Waals surface area contributed by atoms with Crippen molar-refractivity contribution in [3.8, 4) is 5.69 Å². The predicted octanol–water partition coefficient (Wildman–Crippen LogP) is 3.17. The smallest absolute Gasteiger partial charge is 0.0991 e. The molecule has 0 radical (unpaired) electrons. The van der Waals surface area contributed by atoms with Crippen LogP contribution in [-0.4, -0.2) is 58.6 Å². The first kappa shape index (κ1) is 19.8. The molecule has 1 N–H and O–H groups in total. The second-order valence-corrected chi connectivity index (χ2v) is 7.77. The Morgan fingerprint density at radius 1 is 0.828 bits per heavy atom. The lowest BCUT2D eigenvalue weighted by atomic mass is 10.2. The van der Waals surface area contributed by atoms with E-state index in [9.17, 15) is 0 Å². The molecular weight excluding hydrogens is 358 g/mol. The van der Waals surface area contributed by atoms with Gasteiger partial charge in [-0.3, -0.25) is 4.90 Å². The lowest BCUT2D eigenvalue weighted by Gasteiger charge is -2.34. The topological polar surface area (TPSA) is 36.3 Å². The molecule has 2 heterocycles. The number of rotatable bonds is 9. The van der Waals surface area contributed by atoms with E-state index in [0.717, 1.165) is 25.3 Å². The number of hydrogen-bond acceptors (Lipinski definition) is 4. The minimum absolute atomic E-state index is 0.926. The minimum Gasteiger partial charge on any atom is -0.313 e. The maximum absolute atomic E-state index is 4.10. The summed E-state index contributed by atoms with van der Waals surface area (Å²) in [5.74, 6) is 0. The molecule has 0 spiro atoms. The first-order valence-electron chi connectivity index (χ1n) is 10.6. The van der Waals surface area contributed by atoms with E-state index < -0.39 is 0 Å². The van der Waals surface area contributed by atoms with Crippen molar-refractivity contribution in [3.63, 3.8) is 0 Å². The predicted molar refractivity (Wildman–Crippen MR) is 118 cm³/mol. The summed E-state index contributed by atoms with van der Waals surface area (Å²) < 4.78 is 2.02. The number of nitrogens with one attached hydrogen (secondary N) is 1. The van der Waals surface area contributed by atoms with Crippen LogP contribution in [0, 0.1) is 0 Å². The van der Waals surface area contributed by atoms with E-state index >= 15 is 0 Å². The van der Waals surface area contributed by atoms with Crippen molar-refractivity contribution < 1.29 is 0 Å². The van der Waals surface area contributed by atoms with Gasteiger partial charge in [0, 0.05) is 57.3 Å². The summed E-state index contributed by atoms with van der Waals surface area (Å²) in [6.07, 6.45) is 6.80. The highest BCUT2D eigenvalue weighted by Crippen LogP contribution is 2.10. The van der Waals surface area contributed by atoms with Crippen molar-refractivity contribution in [2.24, 2.45) is 0 Å². The molecule has 1 aliphatic heterocycles. The number of hydrogen-bond donors (Lipinski definition) is 1. The number of aromatic nitrogens is 2. The number of piperazine rings is 1. The maximum Gasteiger partial charge on any atom is 0.0991 e. The molecule has 1 fully saturated rings. The van der Waals surface area contributed by atoms with Crippen LogP contribution in [0.15, 0.2) is 73.3 Å². The summed E-state index contributed by atoms with van der Waals surface area (Å²) in [5, 5.41) is 3.58. The van der Waals surface area contributed by atoms with E-state index in [1.54, 1.807) is 6.20 Å². The second-order valence-electron chi connectivity index (χ2n) is 7.77. The van der Waals surface area contributed by atoms with Crippen molar-refractivity contribution >= 4 is 0 Å². The first-order chi connectivity index (χ1) is 14.4. The zero-order valence-electron chi connectivity index (χ0n) is 17.1. The van der Waals surface area contributed by atoms with Crippen molar-refractivity contribution in [2.45, 2.75) is 19.5 Å². The molecule has 29 heavy (non-hydrogen) atoms. The van der Waals surface area contributed by atoms with Gasteiger partial charge in [-0.05, 0) is 42.8 Å². The van der Waals surface area contributed by atoms with Gasteiger partial charge in [-0.1, -0.05) is 42.5 Å². The van der Waals surface area contributed by atoms with E-state index in [4.69, 9.17) is 0 Å². The average molecular weight is 390 g/mol. The lowest BCUT2D eigenvalue weighted by Crippen LogP contribution is -2.46. The van der Waals surface area contributed by atoms with Crippen LogP contribution in [0.3, 0.4) is 0 Å². The largest absolute Gasteiger partial charge is 0.313 e. The van der Waals surface area contributed by atoms with Crippen LogP contribution in [-0.2, 0) is 13.1 Å². The number of benzene rings is 2. The van der Waals surface area contributed by atoms with Gasteiger partial charge in [-0.25, -0.2) is 4.98 Å². The summed E-state index contributed by atoms with van der Waals surface area (Å²) in [4.78, 5) is 9.26. The van der Waals surface area contributed by atoms with Gasteiger partial charge in [-0.15, -0.1) is 0 Å². The molecule has 0 saturated carbocycles. The molecule has 3 aromatic rings. The Bertz CT molecular complexity index is 821. The van der Waals surface area contributed by atoms with Gasteiger partial charge < -0.3 is 14.8 Å². The quantitative estimate of drug-likeness (QED) is 0.571. The van der Waals surface area contributed by atoms with Crippen LogP contribution in [0.5, 0.6) is 0 Å². The lowest BCUT2D eigenvalue weighted by molar-refractivity contribution is 0.126. The zero-order chi connectivity index (χ0) is 19.7. The molecule has 152 valence electrons. The van der Waals surface area contributed by atoms with Crippen molar-refractivity contribution in [1.82, 2.24) is 24.7 Å². The zero-order valence-corrected chi connectivity index (χ0v) is 17.1. The van der Waals surface area contributed by atoms with Gasteiger partial charge in [0.2, 0.25) is 0 Å². The highest BCUT2D eigenvalue weighted by Gasteiger charge is 2.16. The third kappa shape index (κ3) is 6.00. The maximum atomic E-state index is 4.10.